The number of nitrogens with one attached hydrogen (secondary N) is 1. The van der Waals surface area contributed by atoms with E-state index in [1.54, 1.807) is 0 Å². The van der Waals surface area contributed by atoms with Crippen LogP contribution >= 0.6 is 0 Å². The number of sulfonamides is 1. The van der Waals surface area contributed by atoms with Crippen molar-refractivity contribution >= 4 is 10.0 Å². The molecule has 1 saturated carbocycles. The van der Waals surface area contributed by atoms with Crippen LogP contribution in [0.5, 0.6) is 0 Å². The summed E-state index contributed by atoms with van der Waals surface area (Å²) in [5, 5.41) is 9.95. The number of rotatable bonds is 6. The van der Waals surface area contributed by atoms with Crippen LogP contribution in [0.4, 0.5) is 0 Å². The minimum absolute atomic E-state index is 0.0398. The molecule has 0 aromatic heterocycles. The maximum absolute atomic E-state index is 11.8. The highest BCUT2D eigenvalue weighted by Crippen LogP contribution is 2.27. The van der Waals surface area contributed by atoms with Gasteiger partial charge in [-0.05, 0) is 31.2 Å². The van der Waals surface area contributed by atoms with Crippen molar-refractivity contribution in [1.29, 1.82) is 0 Å². The zero-order valence-corrected chi connectivity index (χ0v) is 12.0. The summed E-state index contributed by atoms with van der Waals surface area (Å²) in [6.45, 7) is 2.01. The molecule has 0 saturated heterocycles. The van der Waals surface area contributed by atoms with Gasteiger partial charge in [-0.3, -0.25) is 0 Å². The Morgan fingerprint density at radius 2 is 1.95 bits per heavy atom. The van der Waals surface area contributed by atoms with E-state index in [-0.39, 0.29) is 12.3 Å². The molecule has 4 nitrogen and oxygen atoms in total. The standard InChI is InChI=1S/C14H21NO3S/c1-11-5-7-13(8-6-11)14(16)9-15-19(17,18)10-12-3-2-4-12/h5-8,12,14-16H,2-4,9-10H2,1H3. The van der Waals surface area contributed by atoms with Crippen LogP contribution < -0.4 is 4.72 Å². The van der Waals surface area contributed by atoms with Crippen molar-refractivity contribution in [3.63, 3.8) is 0 Å². The quantitative estimate of drug-likeness (QED) is 0.836. The van der Waals surface area contributed by atoms with Crippen LogP contribution in [0.1, 0.15) is 36.5 Å². The smallest absolute Gasteiger partial charge is 0.211 e. The third-order valence-corrected chi connectivity index (χ3v) is 5.16. The summed E-state index contributed by atoms with van der Waals surface area (Å²) < 4.78 is 26.1. The predicted octanol–water partition coefficient (Wildman–Crippen LogP) is 1.75. The van der Waals surface area contributed by atoms with Gasteiger partial charge in [-0.2, -0.15) is 0 Å². The Morgan fingerprint density at radius 3 is 2.47 bits per heavy atom. The van der Waals surface area contributed by atoms with E-state index in [9.17, 15) is 13.5 Å². The number of benzene rings is 1. The first kappa shape index (κ1) is 14.5. The molecule has 1 unspecified atom stereocenters. The summed E-state index contributed by atoms with van der Waals surface area (Å²) in [4.78, 5) is 0. The van der Waals surface area contributed by atoms with Gasteiger partial charge in [0.25, 0.3) is 0 Å². The molecule has 1 aliphatic carbocycles. The van der Waals surface area contributed by atoms with E-state index in [4.69, 9.17) is 0 Å². The molecule has 1 atom stereocenters. The van der Waals surface area contributed by atoms with E-state index in [1.165, 1.54) is 0 Å². The van der Waals surface area contributed by atoms with Crippen molar-refractivity contribution in [3.05, 3.63) is 35.4 Å². The number of hydrogen-bond donors (Lipinski definition) is 2. The van der Waals surface area contributed by atoms with Gasteiger partial charge in [0.05, 0.1) is 11.9 Å². The van der Waals surface area contributed by atoms with Gasteiger partial charge in [0, 0.05) is 6.54 Å². The van der Waals surface area contributed by atoms with E-state index in [0.29, 0.717) is 5.92 Å². The van der Waals surface area contributed by atoms with Crippen molar-refractivity contribution in [2.45, 2.75) is 32.3 Å². The molecule has 2 N–H and O–H groups in total. The van der Waals surface area contributed by atoms with Crippen molar-refractivity contribution in [2.75, 3.05) is 12.3 Å². The van der Waals surface area contributed by atoms with Crippen LogP contribution in [0.3, 0.4) is 0 Å². The maximum atomic E-state index is 11.8. The number of aliphatic hydroxyl groups is 1. The molecular formula is C14H21NO3S. The number of hydrogen-bond acceptors (Lipinski definition) is 3. The summed E-state index contributed by atoms with van der Waals surface area (Å²) in [5.74, 6) is 0.488. The Kier molecular flexibility index (Phi) is 4.60. The number of aryl methyl sites for hydroxylation is 1. The number of aliphatic hydroxyl groups excluding tert-OH is 1. The normalized spacial score (nSPS) is 18.0. The fourth-order valence-electron chi connectivity index (χ4n) is 2.14. The van der Waals surface area contributed by atoms with Crippen LogP contribution in [-0.2, 0) is 10.0 Å². The highest BCUT2D eigenvalue weighted by atomic mass is 32.2. The van der Waals surface area contributed by atoms with Crippen molar-refractivity contribution in [1.82, 2.24) is 4.72 Å². The molecule has 0 heterocycles. The van der Waals surface area contributed by atoms with Gasteiger partial charge in [-0.15, -0.1) is 0 Å². The van der Waals surface area contributed by atoms with Crippen LogP contribution in [-0.4, -0.2) is 25.8 Å². The van der Waals surface area contributed by atoms with Crippen molar-refractivity contribution in [3.8, 4) is 0 Å². The van der Waals surface area contributed by atoms with E-state index >= 15 is 0 Å². The monoisotopic (exact) mass is 283 g/mol. The van der Waals surface area contributed by atoms with E-state index < -0.39 is 16.1 Å². The molecule has 0 radical (unpaired) electrons. The average Bonchev–Trinajstić information content (AvgIpc) is 2.32. The summed E-state index contributed by atoms with van der Waals surface area (Å²) in [6, 6.07) is 7.45. The molecule has 2 rings (SSSR count). The van der Waals surface area contributed by atoms with Crippen molar-refractivity contribution in [2.24, 2.45) is 5.92 Å². The van der Waals surface area contributed by atoms with Crippen LogP contribution in [0, 0.1) is 12.8 Å². The Hall–Kier alpha value is -0.910. The second-order valence-electron chi connectivity index (χ2n) is 5.35. The van der Waals surface area contributed by atoms with E-state index in [2.05, 4.69) is 4.72 Å². The van der Waals surface area contributed by atoms with Gasteiger partial charge < -0.3 is 5.11 Å². The van der Waals surface area contributed by atoms with E-state index in [0.717, 1.165) is 30.4 Å². The molecular weight excluding hydrogens is 262 g/mol. The van der Waals surface area contributed by atoms with Crippen LogP contribution in [0.15, 0.2) is 24.3 Å². The average molecular weight is 283 g/mol. The van der Waals surface area contributed by atoms with Gasteiger partial charge in [0.1, 0.15) is 0 Å². The van der Waals surface area contributed by atoms with Gasteiger partial charge >= 0.3 is 0 Å². The highest BCUT2D eigenvalue weighted by molar-refractivity contribution is 7.89. The minimum Gasteiger partial charge on any atom is -0.387 e. The Morgan fingerprint density at radius 1 is 1.32 bits per heavy atom. The zero-order valence-electron chi connectivity index (χ0n) is 11.2. The molecule has 106 valence electrons. The maximum Gasteiger partial charge on any atom is 0.211 e. The minimum atomic E-state index is -3.26. The molecule has 0 amide bonds. The van der Waals surface area contributed by atoms with Gasteiger partial charge in [0.15, 0.2) is 0 Å². The molecule has 19 heavy (non-hydrogen) atoms. The molecule has 1 aliphatic rings. The summed E-state index contributed by atoms with van der Waals surface area (Å²) in [5.41, 5.74) is 1.85. The van der Waals surface area contributed by atoms with Crippen LogP contribution in [0.25, 0.3) is 0 Å². The molecule has 0 aliphatic heterocycles. The largest absolute Gasteiger partial charge is 0.387 e. The molecule has 0 spiro atoms. The lowest BCUT2D eigenvalue weighted by molar-refractivity contribution is 0.182. The second-order valence-corrected chi connectivity index (χ2v) is 7.20. The Bertz CT molecular complexity index is 506. The zero-order chi connectivity index (χ0) is 13.9. The topological polar surface area (TPSA) is 66.4 Å². The first-order chi connectivity index (χ1) is 8.96. The van der Waals surface area contributed by atoms with Gasteiger partial charge in [0.2, 0.25) is 10.0 Å². The first-order valence-electron chi connectivity index (χ1n) is 6.68. The molecule has 5 heteroatoms. The lowest BCUT2D eigenvalue weighted by atomic mass is 9.87. The Balaban J connectivity index is 1.85. The summed E-state index contributed by atoms with van der Waals surface area (Å²) >= 11 is 0. The third kappa shape index (κ3) is 4.30. The fourth-order valence-corrected chi connectivity index (χ4v) is 3.62. The SMILES string of the molecule is Cc1ccc(C(O)CNS(=O)(=O)CC2CCC2)cc1. The molecule has 0 bridgehead atoms. The van der Waals surface area contributed by atoms with Crippen LogP contribution in [0.2, 0.25) is 0 Å². The highest BCUT2D eigenvalue weighted by Gasteiger charge is 2.24. The summed E-state index contributed by atoms with van der Waals surface area (Å²) in [6.07, 6.45) is 2.34. The third-order valence-electron chi connectivity index (χ3n) is 3.64. The second kappa shape index (κ2) is 6.03. The first-order valence-corrected chi connectivity index (χ1v) is 8.33. The lowest BCUT2D eigenvalue weighted by Crippen LogP contribution is -2.34. The van der Waals surface area contributed by atoms with Crippen molar-refractivity contribution < 1.29 is 13.5 Å². The fraction of sp³-hybridized carbons (Fsp3) is 0.571. The molecule has 1 aromatic rings. The molecule has 1 fully saturated rings. The predicted molar refractivity (Wildman–Crippen MR) is 75.3 cm³/mol. The lowest BCUT2D eigenvalue weighted by Gasteiger charge is -2.25. The van der Waals surface area contributed by atoms with Gasteiger partial charge in [-0.1, -0.05) is 36.2 Å². The molecule has 1 aromatic carbocycles. The van der Waals surface area contributed by atoms with E-state index in [1.807, 2.05) is 31.2 Å². The summed E-state index contributed by atoms with van der Waals surface area (Å²) in [7, 11) is -3.26. The Labute approximate surface area is 114 Å². The van der Waals surface area contributed by atoms with Gasteiger partial charge in [-0.25, -0.2) is 13.1 Å².